The van der Waals surface area contributed by atoms with Crippen molar-refractivity contribution in [2.24, 2.45) is 0 Å². The second kappa shape index (κ2) is 11.8. The number of carbonyl (C=O) groups excluding carboxylic acids is 2. The molecule has 2 rings (SSSR count). The Labute approximate surface area is 172 Å². The van der Waals surface area contributed by atoms with E-state index in [0.717, 1.165) is 22.3 Å². The van der Waals surface area contributed by atoms with Crippen LogP contribution >= 0.6 is 0 Å². The van der Waals surface area contributed by atoms with Crippen LogP contribution in [-0.4, -0.2) is 11.6 Å². The number of hydrogen-bond donors (Lipinski definition) is 0. The van der Waals surface area contributed by atoms with Crippen molar-refractivity contribution >= 4 is 11.6 Å². The molecule has 2 aliphatic rings. The Morgan fingerprint density at radius 1 is 0.586 bits per heavy atom. The highest BCUT2D eigenvalue weighted by molar-refractivity contribution is 6.00. The van der Waals surface area contributed by atoms with Gasteiger partial charge in [-0.3, -0.25) is 9.59 Å². The summed E-state index contributed by atoms with van der Waals surface area (Å²) in [6, 6.07) is 0. The summed E-state index contributed by atoms with van der Waals surface area (Å²) >= 11 is 0. The molecule has 142 valence electrons. The number of rotatable bonds is 0. The Bertz CT molecular complexity index is 981. The maximum absolute atomic E-state index is 12.0. The van der Waals surface area contributed by atoms with E-state index in [4.69, 9.17) is 0 Å². The predicted octanol–water partition coefficient (Wildman–Crippen LogP) is 5.08. The molecule has 0 fully saturated rings. The molecule has 0 aliphatic heterocycles. The molecule has 2 heteroatoms. The lowest BCUT2D eigenvalue weighted by molar-refractivity contribution is -0.111. The summed E-state index contributed by atoms with van der Waals surface area (Å²) in [5, 5.41) is 0. The van der Waals surface area contributed by atoms with Crippen LogP contribution in [0, 0.1) is 23.7 Å². The minimum atomic E-state index is -0.107. The molecule has 0 atom stereocenters. The summed E-state index contributed by atoms with van der Waals surface area (Å²) in [5.74, 6) is 11.2. The van der Waals surface area contributed by atoms with Gasteiger partial charge in [0.2, 0.25) is 0 Å². The van der Waals surface area contributed by atoms with Crippen molar-refractivity contribution in [1.82, 2.24) is 0 Å². The topological polar surface area (TPSA) is 34.1 Å². The van der Waals surface area contributed by atoms with Crippen molar-refractivity contribution in [3.63, 3.8) is 0 Å². The predicted molar refractivity (Wildman–Crippen MR) is 120 cm³/mol. The normalized spacial score (nSPS) is 25.4. The van der Waals surface area contributed by atoms with Crippen LogP contribution < -0.4 is 0 Å². The van der Waals surface area contributed by atoms with E-state index in [2.05, 4.69) is 23.7 Å². The minimum absolute atomic E-state index is 0.107. The lowest BCUT2D eigenvalue weighted by atomic mass is 10.0. The van der Waals surface area contributed by atoms with Crippen molar-refractivity contribution in [2.45, 2.75) is 20.3 Å². The lowest BCUT2D eigenvalue weighted by Crippen LogP contribution is -1.89. The maximum Gasteiger partial charge on any atom is 0.178 e. The van der Waals surface area contributed by atoms with Crippen LogP contribution in [0.15, 0.2) is 107 Å². The van der Waals surface area contributed by atoms with Crippen LogP contribution in [0.5, 0.6) is 0 Å². The Balaban J connectivity index is 2.33. The van der Waals surface area contributed by atoms with Gasteiger partial charge in [0.1, 0.15) is 0 Å². The van der Waals surface area contributed by atoms with E-state index in [-0.39, 0.29) is 11.6 Å². The highest BCUT2D eigenvalue weighted by Crippen LogP contribution is 2.17. The summed E-state index contributed by atoms with van der Waals surface area (Å²) < 4.78 is 0. The second-order valence-corrected chi connectivity index (χ2v) is 6.43. The number of allylic oxidation sites excluding steroid dienone is 18. The molecule has 0 aromatic heterocycles. The average molecular weight is 378 g/mol. The van der Waals surface area contributed by atoms with Crippen LogP contribution in [0.4, 0.5) is 0 Å². The molecule has 0 N–H and O–H groups in total. The fourth-order valence-corrected chi connectivity index (χ4v) is 2.35. The van der Waals surface area contributed by atoms with E-state index in [0.29, 0.717) is 6.42 Å². The molecule has 2 aliphatic carbocycles. The summed E-state index contributed by atoms with van der Waals surface area (Å²) in [5.41, 5.74) is 3.59. The van der Waals surface area contributed by atoms with Crippen molar-refractivity contribution in [2.75, 3.05) is 0 Å². The van der Waals surface area contributed by atoms with Gasteiger partial charge in [-0.15, -0.1) is 0 Å². The van der Waals surface area contributed by atoms with Gasteiger partial charge < -0.3 is 0 Å². The van der Waals surface area contributed by atoms with E-state index in [1.165, 1.54) is 24.3 Å². The Kier molecular flexibility index (Phi) is 8.68. The molecule has 29 heavy (non-hydrogen) atoms. The van der Waals surface area contributed by atoms with Gasteiger partial charge in [-0.05, 0) is 78.7 Å². The smallest absolute Gasteiger partial charge is 0.178 e. The first-order valence-electron chi connectivity index (χ1n) is 9.25. The first-order valence-corrected chi connectivity index (χ1v) is 9.25. The Hall–Kier alpha value is -3.88. The molecule has 0 amide bonds. The molecule has 0 heterocycles. The summed E-state index contributed by atoms with van der Waals surface area (Å²) in [4.78, 5) is 24.1. The van der Waals surface area contributed by atoms with Gasteiger partial charge in [-0.25, -0.2) is 0 Å². The fourth-order valence-electron chi connectivity index (χ4n) is 2.35. The Morgan fingerprint density at radius 2 is 1.03 bits per heavy atom. The van der Waals surface area contributed by atoms with Crippen LogP contribution in [-0.2, 0) is 9.59 Å². The van der Waals surface area contributed by atoms with E-state index < -0.39 is 0 Å². The first-order chi connectivity index (χ1) is 14.0. The minimum Gasteiger partial charge on any atom is -0.290 e. The number of hydrogen-bond acceptors (Lipinski definition) is 2. The summed E-state index contributed by atoms with van der Waals surface area (Å²) in [6.07, 6.45) is 25.0. The van der Waals surface area contributed by atoms with Crippen LogP contribution in [0.25, 0.3) is 0 Å². The van der Waals surface area contributed by atoms with Gasteiger partial charge in [-0.1, -0.05) is 72.6 Å². The van der Waals surface area contributed by atoms with Gasteiger partial charge in [0.15, 0.2) is 11.6 Å². The lowest BCUT2D eigenvalue weighted by Gasteiger charge is -2.01. The third-order valence-electron chi connectivity index (χ3n) is 3.86. The largest absolute Gasteiger partial charge is 0.290 e. The van der Waals surface area contributed by atoms with Crippen LogP contribution in [0.1, 0.15) is 20.3 Å². The standard InChI is InChI=1S/C27H22O2/c1-22-9-3-4-10-23(2)12-8-16-27(29)20-18-25-14-6-5-13-24(21-25)17-19-26(28)15-7-11-22/h5-8,11-20H,21H2,1-2H3/b15-7-,16-8-,19-17+,20-18+,22-11+,23-12+. The number of fused-ring (bicyclic) bond motifs is 2. The fraction of sp³-hybridized carbons (Fsp3) is 0.111. The average Bonchev–Trinajstić information content (AvgIpc) is 2.93. The van der Waals surface area contributed by atoms with E-state index in [1.807, 2.05) is 38.2 Å². The van der Waals surface area contributed by atoms with E-state index >= 15 is 0 Å². The van der Waals surface area contributed by atoms with Gasteiger partial charge >= 0.3 is 0 Å². The maximum atomic E-state index is 12.0. The summed E-state index contributed by atoms with van der Waals surface area (Å²) in [7, 11) is 0. The van der Waals surface area contributed by atoms with Crippen molar-refractivity contribution in [3.05, 3.63) is 107 Å². The quantitative estimate of drug-likeness (QED) is 0.551. The third-order valence-corrected chi connectivity index (χ3v) is 3.86. The zero-order chi connectivity index (χ0) is 20.9. The molecule has 0 radical (unpaired) electrons. The molecule has 0 saturated heterocycles. The van der Waals surface area contributed by atoms with E-state index in [9.17, 15) is 9.59 Å². The highest BCUT2D eigenvalue weighted by Gasteiger charge is 2.00. The molecule has 0 saturated carbocycles. The molecule has 2 bridgehead atoms. The van der Waals surface area contributed by atoms with E-state index in [1.54, 1.807) is 36.5 Å². The number of carbonyl (C=O) groups is 2. The molecular weight excluding hydrogens is 356 g/mol. The van der Waals surface area contributed by atoms with Crippen molar-refractivity contribution in [3.8, 4) is 23.7 Å². The molecule has 0 spiro atoms. The first kappa shape index (κ1) is 21.4. The Morgan fingerprint density at radius 3 is 1.48 bits per heavy atom. The number of ketones is 2. The summed E-state index contributed by atoms with van der Waals surface area (Å²) in [6.45, 7) is 3.71. The third kappa shape index (κ3) is 9.05. The molecular formula is C27H22O2. The van der Waals surface area contributed by atoms with Gasteiger partial charge in [0, 0.05) is 0 Å². The van der Waals surface area contributed by atoms with Crippen LogP contribution in [0.3, 0.4) is 0 Å². The van der Waals surface area contributed by atoms with Gasteiger partial charge in [0.25, 0.3) is 0 Å². The molecule has 0 unspecified atom stereocenters. The molecule has 0 aromatic rings. The second-order valence-electron chi connectivity index (χ2n) is 6.43. The van der Waals surface area contributed by atoms with Crippen molar-refractivity contribution in [1.29, 1.82) is 0 Å². The zero-order valence-corrected chi connectivity index (χ0v) is 16.6. The molecule has 0 aromatic carbocycles. The monoisotopic (exact) mass is 378 g/mol. The van der Waals surface area contributed by atoms with Crippen molar-refractivity contribution < 1.29 is 9.59 Å². The SMILES string of the molecule is C/C1=C\C=C/C(=O)/C=C/C2=CC=CC=C(/C=C/C(=O)/C=C\C=C(/C)C#CC#C1)C2. The van der Waals surface area contributed by atoms with Crippen LogP contribution in [0.2, 0.25) is 0 Å². The zero-order valence-electron chi connectivity index (χ0n) is 16.6. The molecule has 2 nitrogen and oxygen atoms in total. The highest BCUT2D eigenvalue weighted by atomic mass is 16.1. The van der Waals surface area contributed by atoms with Gasteiger partial charge in [0.05, 0.1) is 0 Å². The van der Waals surface area contributed by atoms with Gasteiger partial charge in [-0.2, -0.15) is 0 Å².